The summed E-state index contributed by atoms with van der Waals surface area (Å²) < 4.78 is 5.20. The number of hydrogen-bond donors (Lipinski definition) is 0. The first-order chi connectivity index (χ1) is 18.3. The highest BCUT2D eigenvalue weighted by molar-refractivity contribution is 6.25. The Morgan fingerprint density at radius 3 is 2.39 bits per heavy atom. The molecule has 3 aromatic carbocycles. The van der Waals surface area contributed by atoms with Crippen LogP contribution in [0.2, 0.25) is 0 Å². The standard InChI is InChI=1S/C28H22N4O6/c1-15-13-18(32(36)37)9-12-21(15)30-27(34)22-23(28(30)35)25(26(33)16-7-10-19(38-2)11-8-16)31-24(22)20-6-4-3-5-17(20)14-29-31/h3-14,22-25H,1-2H3/t22-,23-,24-,25+/m1/s1. The van der Waals surface area contributed by atoms with Gasteiger partial charge in [-0.25, -0.2) is 4.90 Å². The molecule has 2 fully saturated rings. The van der Waals surface area contributed by atoms with Gasteiger partial charge in [0.05, 0.1) is 41.8 Å². The number of nitro benzene ring substituents is 1. The SMILES string of the molecule is COc1ccc(C(=O)[C@@H]2[C@@H]3C(=O)N(c4ccc([N+](=O)[O-])cc4C)C(=O)[C@H]3[C@H]3c4ccccc4C=NN23)cc1. The molecule has 3 aliphatic rings. The number of fused-ring (bicyclic) bond motifs is 5. The van der Waals surface area contributed by atoms with E-state index in [0.29, 0.717) is 16.9 Å². The van der Waals surface area contributed by atoms with E-state index in [1.165, 1.54) is 25.3 Å². The van der Waals surface area contributed by atoms with Gasteiger partial charge in [-0.15, -0.1) is 0 Å². The molecule has 2 amide bonds. The van der Waals surface area contributed by atoms with Crippen molar-refractivity contribution in [3.05, 3.63) is 99.1 Å². The molecule has 2 saturated heterocycles. The fraction of sp³-hybridized carbons (Fsp3) is 0.214. The van der Waals surface area contributed by atoms with Crippen molar-refractivity contribution in [2.75, 3.05) is 12.0 Å². The lowest BCUT2D eigenvalue weighted by Crippen LogP contribution is -2.44. The number of ketones is 1. The third-order valence-corrected chi connectivity index (χ3v) is 7.57. The Kier molecular flexibility index (Phi) is 5.34. The number of rotatable bonds is 5. The smallest absolute Gasteiger partial charge is 0.269 e. The molecule has 38 heavy (non-hydrogen) atoms. The summed E-state index contributed by atoms with van der Waals surface area (Å²) in [6.45, 7) is 1.61. The molecular weight excluding hydrogens is 488 g/mol. The van der Waals surface area contributed by atoms with Crippen molar-refractivity contribution in [1.29, 1.82) is 0 Å². The van der Waals surface area contributed by atoms with Gasteiger partial charge in [-0.2, -0.15) is 5.10 Å². The molecule has 0 aromatic heterocycles. The zero-order valence-corrected chi connectivity index (χ0v) is 20.5. The summed E-state index contributed by atoms with van der Waals surface area (Å²) in [6.07, 6.45) is 1.65. The summed E-state index contributed by atoms with van der Waals surface area (Å²) in [6, 6.07) is 16.4. The molecule has 10 nitrogen and oxygen atoms in total. The fourth-order valence-electron chi connectivity index (χ4n) is 5.84. The predicted octanol–water partition coefficient (Wildman–Crippen LogP) is 3.67. The number of hydrazone groups is 1. The highest BCUT2D eigenvalue weighted by atomic mass is 16.6. The molecular formula is C28H22N4O6. The second-order valence-electron chi connectivity index (χ2n) is 9.53. The highest BCUT2D eigenvalue weighted by Crippen LogP contribution is 2.53. The fourth-order valence-corrected chi connectivity index (χ4v) is 5.84. The number of carbonyl (C=O) groups is 3. The first-order valence-corrected chi connectivity index (χ1v) is 12.0. The van der Waals surface area contributed by atoms with E-state index in [1.807, 2.05) is 24.3 Å². The van der Waals surface area contributed by atoms with Crippen molar-refractivity contribution in [1.82, 2.24) is 5.01 Å². The van der Waals surface area contributed by atoms with Crippen LogP contribution in [-0.2, 0) is 9.59 Å². The van der Waals surface area contributed by atoms with Crippen LogP contribution in [0, 0.1) is 28.9 Å². The number of benzene rings is 3. The lowest BCUT2D eigenvalue weighted by Gasteiger charge is -2.34. The van der Waals surface area contributed by atoms with Crippen molar-refractivity contribution in [2.45, 2.75) is 19.0 Å². The first kappa shape index (κ1) is 23.5. The number of non-ortho nitro benzene ring substituents is 1. The number of aryl methyl sites for hydroxylation is 1. The normalized spacial score (nSPS) is 23.2. The summed E-state index contributed by atoms with van der Waals surface area (Å²) >= 11 is 0. The number of hydrogen-bond acceptors (Lipinski definition) is 8. The van der Waals surface area contributed by atoms with Crippen molar-refractivity contribution in [3.63, 3.8) is 0 Å². The largest absolute Gasteiger partial charge is 0.497 e. The Labute approximate surface area is 217 Å². The zero-order chi connectivity index (χ0) is 26.7. The van der Waals surface area contributed by atoms with Crippen LogP contribution in [0.4, 0.5) is 11.4 Å². The molecule has 3 aliphatic heterocycles. The lowest BCUT2D eigenvalue weighted by molar-refractivity contribution is -0.384. The number of anilines is 1. The molecule has 0 saturated carbocycles. The monoisotopic (exact) mass is 510 g/mol. The topological polar surface area (TPSA) is 122 Å². The first-order valence-electron chi connectivity index (χ1n) is 12.0. The third kappa shape index (κ3) is 3.33. The van der Waals surface area contributed by atoms with E-state index in [4.69, 9.17) is 4.74 Å². The summed E-state index contributed by atoms with van der Waals surface area (Å²) in [5, 5.41) is 17.4. The highest BCUT2D eigenvalue weighted by Gasteiger charge is 2.65. The number of nitrogens with zero attached hydrogens (tertiary/aromatic N) is 4. The summed E-state index contributed by atoms with van der Waals surface area (Å²) in [5.74, 6) is -2.57. The number of amides is 2. The summed E-state index contributed by atoms with van der Waals surface area (Å²) in [5.41, 5.74) is 2.54. The average molecular weight is 511 g/mol. The molecule has 0 spiro atoms. The number of methoxy groups -OCH3 is 1. The van der Waals surface area contributed by atoms with Crippen LogP contribution in [0.5, 0.6) is 5.75 Å². The number of ether oxygens (including phenoxy) is 1. The zero-order valence-electron chi connectivity index (χ0n) is 20.5. The maximum atomic E-state index is 14.0. The van der Waals surface area contributed by atoms with Gasteiger partial charge in [0.15, 0.2) is 5.78 Å². The van der Waals surface area contributed by atoms with Gasteiger partial charge in [0.2, 0.25) is 11.8 Å². The van der Waals surface area contributed by atoms with Crippen LogP contribution >= 0.6 is 0 Å². The Hall–Kier alpha value is -4.86. The van der Waals surface area contributed by atoms with Crippen LogP contribution in [0.25, 0.3) is 0 Å². The Balaban J connectivity index is 1.47. The molecule has 3 aromatic rings. The van der Waals surface area contributed by atoms with E-state index in [1.54, 1.807) is 42.4 Å². The Morgan fingerprint density at radius 2 is 1.71 bits per heavy atom. The van der Waals surface area contributed by atoms with E-state index < -0.39 is 40.7 Å². The van der Waals surface area contributed by atoms with E-state index in [2.05, 4.69) is 5.10 Å². The number of nitro groups is 1. The van der Waals surface area contributed by atoms with Gasteiger partial charge in [0, 0.05) is 17.7 Å². The van der Waals surface area contributed by atoms with Crippen molar-refractivity contribution in [2.24, 2.45) is 16.9 Å². The molecule has 0 aliphatic carbocycles. The van der Waals surface area contributed by atoms with E-state index in [0.717, 1.165) is 16.0 Å². The van der Waals surface area contributed by atoms with E-state index in [-0.39, 0.29) is 17.2 Å². The maximum absolute atomic E-state index is 14.0. The lowest BCUT2D eigenvalue weighted by atomic mass is 9.83. The molecule has 10 heteroatoms. The molecule has 190 valence electrons. The minimum Gasteiger partial charge on any atom is -0.497 e. The minimum atomic E-state index is -1.01. The van der Waals surface area contributed by atoms with E-state index in [9.17, 15) is 24.5 Å². The summed E-state index contributed by atoms with van der Waals surface area (Å²) in [7, 11) is 1.53. The van der Waals surface area contributed by atoms with Crippen molar-refractivity contribution < 1.29 is 24.0 Å². The molecule has 0 bridgehead atoms. The maximum Gasteiger partial charge on any atom is 0.269 e. The number of Topliss-reactive ketones (excluding diaryl/α,β-unsaturated/α-hetero) is 1. The van der Waals surface area contributed by atoms with Gasteiger partial charge in [-0.1, -0.05) is 24.3 Å². The summed E-state index contributed by atoms with van der Waals surface area (Å²) in [4.78, 5) is 53.7. The molecule has 0 unspecified atom stereocenters. The predicted molar refractivity (Wildman–Crippen MR) is 137 cm³/mol. The third-order valence-electron chi connectivity index (χ3n) is 7.57. The van der Waals surface area contributed by atoms with Gasteiger partial charge in [0.25, 0.3) is 5.69 Å². The van der Waals surface area contributed by atoms with Crippen LogP contribution < -0.4 is 9.64 Å². The van der Waals surface area contributed by atoms with Crippen LogP contribution in [-0.4, -0.2) is 46.9 Å². The van der Waals surface area contributed by atoms with Crippen LogP contribution in [0.1, 0.15) is 33.1 Å². The molecule has 6 rings (SSSR count). The minimum absolute atomic E-state index is 0.139. The van der Waals surface area contributed by atoms with Crippen LogP contribution in [0.15, 0.2) is 71.8 Å². The second-order valence-corrected chi connectivity index (χ2v) is 9.53. The van der Waals surface area contributed by atoms with Gasteiger partial charge in [-0.3, -0.25) is 29.5 Å². The van der Waals surface area contributed by atoms with Gasteiger partial charge in [0.1, 0.15) is 11.8 Å². The Morgan fingerprint density at radius 1 is 1.00 bits per heavy atom. The van der Waals surface area contributed by atoms with Crippen molar-refractivity contribution in [3.8, 4) is 5.75 Å². The molecule has 3 heterocycles. The van der Waals surface area contributed by atoms with E-state index >= 15 is 0 Å². The van der Waals surface area contributed by atoms with Gasteiger partial charge >= 0.3 is 0 Å². The number of imide groups is 1. The average Bonchev–Trinajstić information content (AvgIpc) is 3.40. The van der Waals surface area contributed by atoms with Crippen molar-refractivity contribution >= 4 is 35.2 Å². The molecule has 4 atom stereocenters. The molecule has 0 N–H and O–H groups in total. The van der Waals surface area contributed by atoms with Gasteiger partial charge in [-0.05, 0) is 53.9 Å². The molecule has 0 radical (unpaired) electrons. The van der Waals surface area contributed by atoms with Gasteiger partial charge < -0.3 is 4.74 Å². The quantitative estimate of drug-likeness (QED) is 0.222. The number of carbonyl (C=O) groups excluding carboxylic acids is 3. The Bertz CT molecular complexity index is 1550. The van der Waals surface area contributed by atoms with Crippen LogP contribution in [0.3, 0.4) is 0 Å². The second kappa shape index (κ2) is 8.62.